The number of carboxylic acid groups (broad SMARTS) is 1. The van der Waals surface area contributed by atoms with Crippen LogP contribution >= 0.6 is 0 Å². The van der Waals surface area contributed by atoms with Gasteiger partial charge in [-0.2, -0.15) is 8.78 Å². The maximum atomic E-state index is 14.8. The van der Waals surface area contributed by atoms with Crippen LogP contribution in [0, 0.1) is 11.7 Å². The quantitative estimate of drug-likeness (QED) is 0.616. The molecule has 0 spiro atoms. The molecule has 3 aromatic rings. The lowest BCUT2D eigenvalue weighted by Gasteiger charge is -2.38. The monoisotopic (exact) mass is 446 g/mol. The van der Waals surface area contributed by atoms with Crippen LogP contribution in [0.25, 0.3) is 11.5 Å². The summed E-state index contributed by atoms with van der Waals surface area (Å²) in [6.45, 7) is 0.0375. The summed E-state index contributed by atoms with van der Waals surface area (Å²) in [5, 5.41) is 15.7. The lowest BCUT2D eigenvalue weighted by Crippen LogP contribution is -2.56. The molecule has 4 rings (SSSR count). The largest absolute Gasteiger partial charge is 0.465 e. The van der Waals surface area contributed by atoms with E-state index in [1.807, 2.05) is 0 Å². The number of hydrogen-bond acceptors (Lipinski definition) is 5. The molecule has 0 saturated carbocycles. The summed E-state index contributed by atoms with van der Waals surface area (Å²) in [7, 11) is 0. The van der Waals surface area contributed by atoms with E-state index in [9.17, 15) is 22.8 Å². The highest BCUT2D eigenvalue weighted by atomic mass is 19.3. The average Bonchev–Trinajstić information content (AvgIpc) is 3.22. The number of rotatable bonds is 6. The first-order valence-corrected chi connectivity index (χ1v) is 9.58. The molecule has 1 saturated heterocycles. The molecule has 1 aromatic heterocycles. The molecule has 2 aromatic carbocycles. The Morgan fingerprint density at radius 3 is 2.47 bits per heavy atom. The van der Waals surface area contributed by atoms with Gasteiger partial charge in [0, 0.05) is 29.9 Å². The van der Waals surface area contributed by atoms with Gasteiger partial charge in [-0.05, 0) is 24.3 Å². The molecule has 1 aliphatic rings. The number of para-hydroxylation sites is 1. The summed E-state index contributed by atoms with van der Waals surface area (Å²) in [5.41, 5.74) is 0.835. The first-order chi connectivity index (χ1) is 15.3. The van der Waals surface area contributed by atoms with Crippen LogP contribution in [0.1, 0.15) is 17.9 Å². The van der Waals surface area contributed by atoms with Crippen LogP contribution in [0.4, 0.5) is 23.7 Å². The molecule has 0 bridgehead atoms. The molecule has 1 aliphatic heterocycles. The van der Waals surface area contributed by atoms with Crippen molar-refractivity contribution in [1.82, 2.24) is 15.1 Å². The fourth-order valence-corrected chi connectivity index (χ4v) is 3.33. The second kappa shape index (κ2) is 8.69. The zero-order valence-corrected chi connectivity index (χ0v) is 16.5. The Kier molecular flexibility index (Phi) is 5.80. The van der Waals surface area contributed by atoms with Gasteiger partial charge >= 0.3 is 12.5 Å². The minimum Gasteiger partial charge on any atom is -0.465 e. The number of benzene rings is 2. The number of amides is 2. The molecule has 2 heterocycles. The molecule has 166 valence electrons. The third kappa shape index (κ3) is 4.27. The van der Waals surface area contributed by atoms with E-state index in [1.54, 1.807) is 30.3 Å². The van der Waals surface area contributed by atoms with E-state index in [0.717, 1.165) is 11.0 Å². The molecule has 11 heteroatoms. The number of carbonyl (C=O) groups excluding carboxylic acids is 1. The summed E-state index contributed by atoms with van der Waals surface area (Å²) >= 11 is 0. The van der Waals surface area contributed by atoms with Gasteiger partial charge in [-0.3, -0.25) is 4.79 Å². The van der Waals surface area contributed by atoms with Crippen LogP contribution in [0.15, 0.2) is 52.9 Å². The van der Waals surface area contributed by atoms with Crippen molar-refractivity contribution in [1.29, 1.82) is 0 Å². The summed E-state index contributed by atoms with van der Waals surface area (Å²) in [5.74, 6) is -2.64. The molecular weight excluding hydrogens is 429 g/mol. The molecular formula is C21H17F3N4O4. The molecule has 1 N–H and O–H groups in total. The van der Waals surface area contributed by atoms with Crippen molar-refractivity contribution in [2.24, 2.45) is 5.92 Å². The zero-order chi connectivity index (χ0) is 22.8. The van der Waals surface area contributed by atoms with Crippen molar-refractivity contribution >= 4 is 17.7 Å². The van der Waals surface area contributed by atoms with Gasteiger partial charge in [0.25, 0.3) is 5.89 Å². The third-order valence-corrected chi connectivity index (χ3v) is 5.09. The third-order valence-electron chi connectivity index (χ3n) is 5.09. The molecule has 0 radical (unpaired) electrons. The van der Waals surface area contributed by atoms with Gasteiger partial charge in [0.1, 0.15) is 5.82 Å². The number of carbonyl (C=O) groups is 2. The Bertz CT molecular complexity index is 1130. The van der Waals surface area contributed by atoms with E-state index >= 15 is 0 Å². The first-order valence-electron chi connectivity index (χ1n) is 9.58. The van der Waals surface area contributed by atoms with Gasteiger partial charge in [0.15, 0.2) is 0 Å². The topological polar surface area (TPSA) is 99.8 Å². The Hall–Kier alpha value is -3.89. The van der Waals surface area contributed by atoms with Gasteiger partial charge in [0.05, 0.1) is 12.5 Å². The summed E-state index contributed by atoms with van der Waals surface area (Å²) in [4.78, 5) is 26.6. The van der Waals surface area contributed by atoms with E-state index in [1.165, 1.54) is 17.0 Å². The highest BCUT2D eigenvalue weighted by Crippen LogP contribution is 2.28. The van der Waals surface area contributed by atoms with Crippen molar-refractivity contribution in [3.63, 3.8) is 0 Å². The number of nitrogens with zero attached hydrogens (tertiary/aromatic N) is 4. The predicted molar refractivity (Wildman–Crippen MR) is 105 cm³/mol. The van der Waals surface area contributed by atoms with Gasteiger partial charge in [0.2, 0.25) is 11.8 Å². The van der Waals surface area contributed by atoms with E-state index in [-0.39, 0.29) is 42.6 Å². The van der Waals surface area contributed by atoms with Crippen LogP contribution < -0.4 is 4.90 Å². The smallest absolute Gasteiger partial charge is 0.407 e. The van der Waals surface area contributed by atoms with Crippen LogP contribution in [-0.4, -0.2) is 45.3 Å². The lowest BCUT2D eigenvalue weighted by atomic mass is 9.98. The van der Waals surface area contributed by atoms with E-state index in [2.05, 4.69) is 10.2 Å². The van der Waals surface area contributed by atoms with Gasteiger partial charge in [-0.1, -0.05) is 24.3 Å². The first kappa shape index (κ1) is 21.3. The van der Waals surface area contributed by atoms with Gasteiger partial charge in [-0.25, -0.2) is 9.18 Å². The molecule has 32 heavy (non-hydrogen) atoms. The number of anilines is 1. The van der Waals surface area contributed by atoms with Gasteiger partial charge in [-0.15, -0.1) is 10.2 Å². The van der Waals surface area contributed by atoms with E-state index in [4.69, 9.17) is 9.52 Å². The number of alkyl halides is 2. The molecule has 0 aliphatic carbocycles. The Labute approximate surface area is 179 Å². The fourth-order valence-electron chi connectivity index (χ4n) is 3.33. The van der Waals surface area contributed by atoms with Crippen molar-refractivity contribution in [3.8, 4) is 11.5 Å². The summed E-state index contributed by atoms with van der Waals surface area (Å²) in [6.07, 6.45) is -4.03. The normalized spacial score (nSPS) is 13.8. The molecule has 8 nitrogen and oxygen atoms in total. The minimum absolute atomic E-state index is 0.0720. The van der Waals surface area contributed by atoms with E-state index in [0.29, 0.717) is 5.69 Å². The fraction of sp³-hybridized carbons (Fsp3) is 0.238. The number of hydrogen-bond donors (Lipinski definition) is 1. The van der Waals surface area contributed by atoms with Gasteiger partial charge < -0.3 is 19.3 Å². The molecule has 2 amide bonds. The molecule has 1 fully saturated rings. The highest BCUT2D eigenvalue weighted by Gasteiger charge is 2.38. The predicted octanol–water partition coefficient (Wildman–Crippen LogP) is 3.96. The zero-order valence-electron chi connectivity index (χ0n) is 16.5. The standard InChI is InChI=1S/C21H17F3N4O4/c22-16-8-12(18-25-26-19(32-18)17(23)24)6-7-13(16)11-28(15-4-2-1-3-5-15)20(29)14-9-27(10-14)21(30)31/h1-8,14,17H,9-11H2,(H,30,31). The van der Waals surface area contributed by atoms with Crippen LogP contribution in [0.3, 0.4) is 0 Å². The van der Waals surface area contributed by atoms with Crippen LogP contribution in [0.2, 0.25) is 0 Å². The van der Waals surface area contributed by atoms with Crippen molar-refractivity contribution in [2.45, 2.75) is 13.0 Å². The maximum absolute atomic E-state index is 14.8. The Balaban J connectivity index is 1.56. The van der Waals surface area contributed by atoms with E-state index < -0.39 is 30.1 Å². The average molecular weight is 446 g/mol. The second-order valence-corrected chi connectivity index (χ2v) is 7.20. The number of halogens is 3. The van der Waals surface area contributed by atoms with Crippen molar-refractivity contribution in [3.05, 3.63) is 65.8 Å². The summed E-state index contributed by atoms with van der Waals surface area (Å²) < 4.78 is 45.0. The SMILES string of the molecule is O=C(O)N1CC(C(=O)N(Cc2ccc(-c3nnc(C(F)F)o3)cc2F)c2ccccc2)C1. The number of likely N-dealkylation sites (tertiary alicyclic amines) is 1. The van der Waals surface area contributed by atoms with Crippen LogP contribution in [-0.2, 0) is 11.3 Å². The lowest BCUT2D eigenvalue weighted by molar-refractivity contribution is -0.126. The number of aromatic nitrogens is 2. The van der Waals surface area contributed by atoms with Crippen LogP contribution in [0.5, 0.6) is 0 Å². The highest BCUT2D eigenvalue weighted by molar-refractivity contribution is 5.96. The Morgan fingerprint density at radius 2 is 1.88 bits per heavy atom. The molecule has 0 unspecified atom stereocenters. The minimum atomic E-state index is -2.94. The summed E-state index contributed by atoms with van der Waals surface area (Å²) in [6, 6.07) is 12.5. The van der Waals surface area contributed by atoms with Crippen molar-refractivity contribution in [2.75, 3.05) is 18.0 Å². The van der Waals surface area contributed by atoms with Crippen molar-refractivity contribution < 1.29 is 32.3 Å². The second-order valence-electron chi connectivity index (χ2n) is 7.20. The Morgan fingerprint density at radius 1 is 1.16 bits per heavy atom. The maximum Gasteiger partial charge on any atom is 0.407 e. The molecule has 0 atom stereocenters.